The molecule has 2 aliphatic carbocycles. The van der Waals surface area contributed by atoms with Gasteiger partial charge in [0.1, 0.15) is 0 Å². The minimum atomic E-state index is -0.337. The first-order valence-electron chi connectivity index (χ1n) is 10.3. The predicted octanol–water partition coefficient (Wildman–Crippen LogP) is 4.94. The van der Waals surface area contributed by atoms with Crippen LogP contribution in [0.4, 0.5) is 11.4 Å². The van der Waals surface area contributed by atoms with Crippen LogP contribution in [0.5, 0.6) is 0 Å². The summed E-state index contributed by atoms with van der Waals surface area (Å²) in [6.45, 7) is 8.06. The number of amides is 2. The Morgan fingerprint density at radius 1 is 0.724 bits per heavy atom. The molecule has 2 amide bonds. The average molecular weight is 389 g/mol. The Bertz CT molecular complexity index is 928. The van der Waals surface area contributed by atoms with Gasteiger partial charge in [0.25, 0.3) is 0 Å². The first-order chi connectivity index (χ1) is 13.8. The zero-order valence-electron chi connectivity index (χ0n) is 17.5. The van der Waals surface area contributed by atoms with Crippen LogP contribution >= 0.6 is 0 Å². The van der Waals surface area contributed by atoms with Crippen molar-refractivity contribution in [1.82, 2.24) is 0 Å². The van der Waals surface area contributed by atoms with Gasteiger partial charge in [0.2, 0.25) is 11.8 Å². The highest BCUT2D eigenvalue weighted by atomic mass is 16.2. The smallest absolute Gasteiger partial charge is 0.228 e. The molecule has 0 radical (unpaired) electrons. The lowest BCUT2D eigenvalue weighted by Gasteiger charge is -2.27. The minimum absolute atomic E-state index is 0.0606. The van der Waals surface area contributed by atoms with Crippen molar-refractivity contribution < 1.29 is 9.59 Å². The number of allylic oxidation sites excluding steroid dienone is 2. The number of carbonyl (C=O) groups is 2. The van der Waals surface area contributed by atoms with Gasteiger partial charge in [-0.3, -0.25) is 9.59 Å². The quantitative estimate of drug-likeness (QED) is 0.729. The van der Waals surface area contributed by atoms with Crippen molar-refractivity contribution in [3.8, 4) is 0 Å². The van der Waals surface area contributed by atoms with Gasteiger partial charge in [-0.15, -0.1) is 0 Å². The SMILES string of the molecule is Cc1ccc(NC(=O)[C@@H]2[C@@H](C(=O)Nc3ccc(C)cc3C)[C@H]3C=C[C@H]2C3)c(C)c1. The third kappa shape index (κ3) is 3.71. The lowest BCUT2D eigenvalue weighted by Crippen LogP contribution is -2.39. The van der Waals surface area contributed by atoms with Crippen molar-refractivity contribution in [3.05, 3.63) is 70.8 Å². The summed E-state index contributed by atoms with van der Waals surface area (Å²) in [7, 11) is 0. The number of carbonyl (C=O) groups excluding carboxylic acids is 2. The molecule has 4 heteroatoms. The molecule has 4 atom stereocenters. The minimum Gasteiger partial charge on any atom is -0.326 e. The van der Waals surface area contributed by atoms with Crippen molar-refractivity contribution >= 4 is 23.2 Å². The summed E-state index contributed by atoms with van der Waals surface area (Å²) in [5.41, 5.74) is 6.03. The van der Waals surface area contributed by atoms with E-state index in [1.54, 1.807) is 0 Å². The monoisotopic (exact) mass is 388 g/mol. The molecule has 0 unspecified atom stereocenters. The van der Waals surface area contributed by atoms with Gasteiger partial charge in [-0.05, 0) is 69.2 Å². The summed E-state index contributed by atoms with van der Waals surface area (Å²) in [5.74, 6) is -0.543. The van der Waals surface area contributed by atoms with Gasteiger partial charge in [0, 0.05) is 11.4 Å². The third-order valence-corrected chi connectivity index (χ3v) is 6.34. The molecular formula is C25H28N2O2. The standard InChI is InChI=1S/C25H28N2O2/c1-14-5-9-20(16(3)11-14)26-24(28)22-18-7-8-19(13-18)23(22)25(29)27-21-10-6-15(2)12-17(21)4/h5-12,18-19,22-23H,13H2,1-4H3,(H,26,28)(H,27,29)/t18-,19-,22-,23-/m0/s1. The predicted molar refractivity (Wildman–Crippen MR) is 117 cm³/mol. The number of rotatable bonds is 4. The molecule has 4 rings (SSSR count). The van der Waals surface area contributed by atoms with E-state index in [1.807, 2.05) is 52.0 Å². The Kier molecular flexibility index (Phi) is 5.03. The molecule has 1 saturated carbocycles. The van der Waals surface area contributed by atoms with Gasteiger partial charge in [0.05, 0.1) is 11.8 Å². The Hall–Kier alpha value is -2.88. The average Bonchev–Trinajstić information content (AvgIpc) is 3.27. The van der Waals surface area contributed by atoms with E-state index in [2.05, 4.69) is 34.9 Å². The lowest BCUT2D eigenvalue weighted by molar-refractivity contribution is -0.129. The van der Waals surface area contributed by atoms with E-state index < -0.39 is 0 Å². The van der Waals surface area contributed by atoms with Crippen molar-refractivity contribution in [2.24, 2.45) is 23.7 Å². The number of hydrogen-bond donors (Lipinski definition) is 2. The van der Waals surface area contributed by atoms with Gasteiger partial charge in [-0.25, -0.2) is 0 Å². The molecule has 2 aromatic rings. The number of anilines is 2. The van der Waals surface area contributed by atoms with Gasteiger partial charge < -0.3 is 10.6 Å². The number of hydrogen-bond acceptors (Lipinski definition) is 2. The largest absolute Gasteiger partial charge is 0.326 e. The first kappa shape index (κ1) is 19.4. The van der Waals surface area contributed by atoms with Crippen LogP contribution in [-0.4, -0.2) is 11.8 Å². The summed E-state index contributed by atoms with van der Waals surface area (Å²) in [4.78, 5) is 26.4. The molecule has 29 heavy (non-hydrogen) atoms. The fraction of sp³-hybridized carbons (Fsp3) is 0.360. The topological polar surface area (TPSA) is 58.2 Å². The molecule has 2 N–H and O–H groups in total. The van der Waals surface area contributed by atoms with Crippen molar-refractivity contribution in [1.29, 1.82) is 0 Å². The molecule has 2 aliphatic rings. The maximum Gasteiger partial charge on any atom is 0.228 e. The molecule has 1 fully saturated rings. The van der Waals surface area contributed by atoms with E-state index in [-0.39, 0.29) is 35.5 Å². The van der Waals surface area contributed by atoms with Crippen LogP contribution in [0.1, 0.15) is 28.7 Å². The molecule has 0 spiro atoms. The molecule has 0 aromatic heterocycles. The van der Waals surface area contributed by atoms with E-state index in [0.717, 1.165) is 40.0 Å². The fourth-order valence-electron chi connectivity index (χ4n) is 4.88. The fourth-order valence-corrected chi connectivity index (χ4v) is 4.88. The second-order valence-electron chi connectivity index (χ2n) is 8.62. The first-order valence-corrected chi connectivity index (χ1v) is 10.3. The summed E-state index contributed by atoms with van der Waals surface area (Å²) >= 11 is 0. The third-order valence-electron chi connectivity index (χ3n) is 6.34. The lowest BCUT2D eigenvalue weighted by atomic mass is 9.81. The highest BCUT2D eigenvalue weighted by Crippen LogP contribution is 2.49. The highest BCUT2D eigenvalue weighted by Gasteiger charge is 2.51. The summed E-state index contributed by atoms with van der Waals surface area (Å²) in [5, 5.41) is 6.16. The molecule has 4 nitrogen and oxygen atoms in total. The van der Waals surface area contributed by atoms with Crippen LogP contribution < -0.4 is 10.6 Å². The van der Waals surface area contributed by atoms with Crippen molar-refractivity contribution in [2.45, 2.75) is 34.1 Å². The Morgan fingerprint density at radius 3 is 1.52 bits per heavy atom. The Morgan fingerprint density at radius 2 is 1.14 bits per heavy atom. The molecule has 2 bridgehead atoms. The van der Waals surface area contributed by atoms with E-state index in [9.17, 15) is 9.59 Å². The van der Waals surface area contributed by atoms with Gasteiger partial charge >= 0.3 is 0 Å². The zero-order chi connectivity index (χ0) is 20.7. The van der Waals surface area contributed by atoms with Crippen LogP contribution in [0.2, 0.25) is 0 Å². The second-order valence-corrected chi connectivity index (χ2v) is 8.62. The zero-order valence-corrected chi connectivity index (χ0v) is 17.5. The van der Waals surface area contributed by atoms with Crippen LogP contribution in [0.25, 0.3) is 0 Å². The highest BCUT2D eigenvalue weighted by molar-refractivity contribution is 6.01. The number of benzene rings is 2. The number of fused-ring (bicyclic) bond motifs is 2. The van der Waals surface area contributed by atoms with Gasteiger partial charge in [-0.1, -0.05) is 47.5 Å². The van der Waals surface area contributed by atoms with Gasteiger partial charge in [-0.2, -0.15) is 0 Å². The van der Waals surface area contributed by atoms with Crippen LogP contribution in [0.3, 0.4) is 0 Å². The molecular weight excluding hydrogens is 360 g/mol. The maximum absolute atomic E-state index is 13.2. The Labute approximate surface area is 172 Å². The van der Waals surface area contributed by atoms with E-state index in [4.69, 9.17) is 0 Å². The van der Waals surface area contributed by atoms with E-state index in [1.165, 1.54) is 0 Å². The van der Waals surface area contributed by atoms with Crippen molar-refractivity contribution in [2.75, 3.05) is 10.6 Å². The van der Waals surface area contributed by atoms with Gasteiger partial charge in [0.15, 0.2) is 0 Å². The van der Waals surface area contributed by atoms with E-state index in [0.29, 0.717) is 0 Å². The molecule has 0 heterocycles. The maximum atomic E-state index is 13.2. The van der Waals surface area contributed by atoms with E-state index >= 15 is 0 Å². The normalized spacial score (nSPS) is 24.6. The Balaban J connectivity index is 1.55. The van der Waals surface area contributed by atoms with Crippen LogP contribution in [-0.2, 0) is 9.59 Å². The number of aryl methyl sites for hydroxylation is 4. The van der Waals surface area contributed by atoms with Crippen LogP contribution in [0, 0.1) is 51.4 Å². The molecule has 150 valence electrons. The number of nitrogens with one attached hydrogen (secondary N) is 2. The second kappa shape index (κ2) is 7.51. The van der Waals surface area contributed by atoms with Crippen molar-refractivity contribution in [3.63, 3.8) is 0 Å². The summed E-state index contributed by atoms with van der Waals surface area (Å²) in [6, 6.07) is 12.0. The summed E-state index contributed by atoms with van der Waals surface area (Å²) < 4.78 is 0. The molecule has 0 aliphatic heterocycles. The van der Waals surface area contributed by atoms with Crippen LogP contribution in [0.15, 0.2) is 48.6 Å². The summed E-state index contributed by atoms with van der Waals surface area (Å²) in [6.07, 6.45) is 5.09. The molecule has 2 aromatic carbocycles. The molecule has 0 saturated heterocycles.